The third kappa shape index (κ3) is 12.5. The van der Waals surface area contributed by atoms with Gasteiger partial charge in [0.15, 0.2) is 5.52 Å². The number of anilines is 1. The molecule has 0 unspecified atom stereocenters. The minimum atomic E-state index is -4.41. The molecule has 0 aliphatic rings. The van der Waals surface area contributed by atoms with Crippen molar-refractivity contribution < 1.29 is 41.8 Å². The standard InChI is InChI=1S/C35H44N10O10S/c1-35(2,3)54-31(47)8-6-4-5-7-18-38-34(48)25-9-12-27(13-10-25)56(51,52)44(20-17-36)30(46)16-11-26-24-43(42-39-26)21-23-53-22-19-37-28-14-15-29(45(49)50)33-32(28)40-55-41-33/h9-10,12-15,24,37H,4-8,11,16,18-23H2,1-3H3,(H,38,48). The predicted octanol–water partition coefficient (Wildman–Crippen LogP) is 3.55. The van der Waals surface area contributed by atoms with Crippen molar-refractivity contribution in [3.05, 3.63) is 64.0 Å². The van der Waals surface area contributed by atoms with Gasteiger partial charge in [-0.3, -0.25) is 24.5 Å². The number of nitriles is 1. The molecule has 4 aromatic rings. The summed E-state index contributed by atoms with van der Waals surface area (Å²) in [7, 11) is -4.41. The molecular weight excluding hydrogens is 753 g/mol. The van der Waals surface area contributed by atoms with Gasteiger partial charge >= 0.3 is 11.7 Å². The van der Waals surface area contributed by atoms with Crippen LogP contribution in [0.1, 0.15) is 75.3 Å². The van der Waals surface area contributed by atoms with Crippen LogP contribution in [0.5, 0.6) is 0 Å². The van der Waals surface area contributed by atoms with Crippen LogP contribution in [-0.4, -0.2) is 99.2 Å². The number of nitro groups is 1. The number of nitrogens with one attached hydrogen (secondary N) is 2. The van der Waals surface area contributed by atoms with Gasteiger partial charge in [-0.15, -0.1) is 5.10 Å². The third-order valence-corrected chi connectivity index (χ3v) is 9.79. The van der Waals surface area contributed by atoms with E-state index < -0.39 is 38.9 Å². The van der Waals surface area contributed by atoms with Gasteiger partial charge in [-0.2, -0.15) is 5.26 Å². The number of esters is 1. The van der Waals surface area contributed by atoms with E-state index in [1.165, 1.54) is 41.1 Å². The number of hydrogen-bond acceptors (Lipinski definition) is 16. The number of ether oxygens (including phenoxy) is 2. The van der Waals surface area contributed by atoms with Crippen LogP contribution in [-0.2, 0) is 42.1 Å². The first-order valence-electron chi connectivity index (χ1n) is 17.8. The number of aryl methyl sites for hydroxylation is 1. The first kappa shape index (κ1) is 42.7. The highest BCUT2D eigenvalue weighted by molar-refractivity contribution is 7.89. The number of fused-ring (bicyclic) bond motifs is 1. The monoisotopic (exact) mass is 796 g/mol. The van der Waals surface area contributed by atoms with Crippen LogP contribution in [0, 0.1) is 21.4 Å². The Morgan fingerprint density at radius 1 is 1.00 bits per heavy atom. The van der Waals surface area contributed by atoms with E-state index in [-0.39, 0.29) is 59.2 Å². The van der Waals surface area contributed by atoms with E-state index >= 15 is 0 Å². The first-order chi connectivity index (χ1) is 26.7. The van der Waals surface area contributed by atoms with Crippen molar-refractivity contribution in [3.63, 3.8) is 0 Å². The normalized spacial score (nSPS) is 11.5. The van der Waals surface area contributed by atoms with Crippen LogP contribution in [0.4, 0.5) is 11.4 Å². The molecule has 2 amide bonds. The molecule has 2 aromatic heterocycles. The number of sulfonamides is 1. The van der Waals surface area contributed by atoms with E-state index in [0.717, 1.165) is 12.8 Å². The van der Waals surface area contributed by atoms with Gasteiger partial charge in [-0.1, -0.05) is 18.1 Å². The Bertz CT molecular complexity index is 2120. The number of carbonyl (C=O) groups is 3. The predicted molar refractivity (Wildman–Crippen MR) is 198 cm³/mol. The summed E-state index contributed by atoms with van der Waals surface area (Å²) >= 11 is 0. The van der Waals surface area contributed by atoms with E-state index in [2.05, 4.69) is 35.9 Å². The number of amides is 2. The molecular formula is C35H44N10O10S. The molecule has 0 saturated heterocycles. The fraction of sp³-hybridized carbons (Fsp3) is 0.486. The molecule has 0 bridgehead atoms. The SMILES string of the molecule is CC(C)(C)OC(=O)CCCCCCNC(=O)c1ccc(S(=O)(=O)N(CC#N)C(=O)CCc2cn(CCOCCNc3ccc([N+](=O)[O-])c4nonc34)nn2)cc1. The van der Waals surface area contributed by atoms with Crippen molar-refractivity contribution in [1.29, 1.82) is 5.26 Å². The molecule has 56 heavy (non-hydrogen) atoms. The molecule has 0 radical (unpaired) electrons. The number of benzene rings is 2. The van der Waals surface area contributed by atoms with Gasteiger partial charge < -0.3 is 20.1 Å². The number of non-ortho nitro benzene ring substituents is 1. The smallest absolute Gasteiger partial charge is 0.306 e. The Morgan fingerprint density at radius 3 is 2.45 bits per heavy atom. The van der Waals surface area contributed by atoms with Crippen molar-refractivity contribution in [2.75, 3.05) is 38.2 Å². The molecule has 0 fully saturated rings. The van der Waals surface area contributed by atoms with Crippen LogP contribution in [0.25, 0.3) is 11.0 Å². The quantitative estimate of drug-likeness (QED) is 0.0378. The van der Waals surface area contributed by atoms with E-state index in [0.29, 0.717) is 54.6 Å². The molecule has 0 spiro atoms. The summed E-state index contributed by atoms with van der Waals surface area (Å²) in [6.07, 6.45) is 4.72. The molecule has 2 heterocycles. The van der Waals surface area contributed by atoms with Gasteiger partial charge in [0.25, 0.3) is 15.9 Å². The highest BCUT2D eigenvalue weighted by Crippen LogP contribution is 2.28. The second-order valence-electron chi connectivity index (χ2n) is 13.5. The summed E-state index contributed by atoms with van der Waals surface area (Å²) in [5.41, 5.74) is 0.680. The number of hydrogen-bond donors (Lipinski definition) is 2. The molecule has 0 aliphatic heterocycles. The lowest BCUT2D eigenvalue weighted by molar-refractivity contribution is -0.383. The second kappa shape index (κ2) is 20.1. The van der Waals surface area contributed by atoms with Gasteiger partial charge in [0.1, 0.15) is 12.1 Å². The number of rotatable bonds is 22. The van der Waals surface area contributed by atoms with E-state index in [1.54, 1.807) is 12.3 Å². The number of unbranched alkanes of at least 4 members (excludes halogenated alkanes) is 3. The van der Waals surface area contributed by atoms with Gasteiger partial charge in [-0.25, -0.2) is 22.0 Å². The van der Waals surface area contributed by atoms with E-state index in [1.807, 2.05) is 20.8 Å². The largest absolute Gasteiger partial charge is 0.460 e. The Labute approximate surface area is 322 Å². The molecule has 20 nitrogen and oxygen atoms in total. The van der Waals surface area contributed by atoms with Crippen LogP contribution in [0.2, 0.25) is 0 Å². The maximum atomic E-state index is 13.4. The summed E-state index contributed by atoms with van der Waals surface area (Å²) in [5, 5.41) is 41.7. The fourth-order valence-corrected chi connectivity index (χ4v) is 6.63. The molecule has 2 N–H and O–H groups in total. The van der Waals surface area contributed by atoms with Crippen molar-refractivity contribution in [1.82, 2.24) is 34.9 Å². The summed E-state index contributed by atoms with van der Waals surface area (Å²) in [6, 6.07) is 9.63. The Morgan fingerprint density at radius 2 is 1.73 bits per heavy atom. The third-order valence-electron chi connectivity index (χ3n) is 8.01. The average Bonchev–Trinajstić information content (AvgIpc) is 3.83. The van der Waals surface area contributed by atoms with Gasteiger partial charge in [0.2, 0.25) is 11.4 Å². The summed E-state index contributed by atoms with van der Waals surface area (Å²) in [6.45, 7) is 6.38. The zero-order valence-corrected chi connectivity index (χ0v) is 32.1. The van der Waals surface area contributed by atoms with Crippen LogP contribution < -0.4 is 10.6 Å². The summed E-state index contributed by atoms with van der Waals surface area (Å²) < 4.78 is 44.3. The average molecular weight is 797 g/mol. The zero-order chi connectivity index (χ0) is 40.7. The lowest BCUT2D eigenvalue weighted by atomic mass is 10.1. The van der Waals surface area contributed by atoms with Gasteiger partial charge in [0.05, 0.1) is 47.0 Å². The summed E-state index contributed by atoms with van der Waals surface area (Å²) in [4.78, 5) is 47.8. The van der Waals surface area contributed by atoms with Crippen LogP contribution >= 0.6 is 0 Å². The molecule has 300 valence electrons. The van der Waals surface area contributed by atoms with Gasteiger partial charge in [-0.05, 0) is 74.3 Å². The van der Waals surface area contributed by atoms with E-state index in [9.17, 15) is 38.2 Å². The first-order valence-corrected chi connectivity index (χ1v) is 19.3. The summed E-state index contributed by atoms with van der Waals surface area (Å²) in [5.74, 6) is -1.44. The maximum Gasteiger partial charge on any atom is 0.306 e. The molecule has 4 rings (SSSR count). The Balaban J connectivity index is 1.17. The van der Waals surface area contributed by atoms with Crippen molar-refractivity contribution in [2.24, 2.45) is 0 Å². The van der Waals surface area contributed by atoms with Gasteiger partial charge in [0, 0.05) is 50.2 Å². The number of nitrogens with zero attached hydrogens (tertiary/aromatic N) is 8. The lowest BCUT2D eigenvalue weighted by Gasteiger charge is -2.19. The fourth-order valence-electron chi connectivity index (χ4n) is 5.30. The number of carbonyl (C=O) groups excluding carboxylic acids is 3. The topological polar surface area (TPSA) is 268 Å². The maximum absolute atomic E-state index is 13.4. The zero-order valence-electron chi connectivity index (χ0n) is 31.3. The Hall–Kier alpha value is -6.01. The minimum absolute atomic E-state index is 0.0337. The highest BCUT2D eigenvalue weighted by atomic mass is 32.2. The van der Waals surface area contributed by atoms with Crippen LogP contribution in [0.3, 0.4) is 0 Å². The van der Waals surface area contributed by atoms with Crippen molar-refractivity contribution >= 4 is 50.2 Å². The van der Waals surface area contributed by atoms with Crippen molar-refractivity contribution in [3.8, 4) is 6.07 Å². The lowest BCUT2D eigenvalue weighted by Crippen LogP contribution is -2.37. The number of aromatic nitrogens is 5. The highest BCUT2D eigenvalue weighted by Gasteiger charge is 2.29. The Kier molecular flexibility index (Phi) is 15.3. The second-order valence-corrected chi connectivity index (χ2v) is 15.3. The van der Waals surface area contributed by atoms with Crippen molar-refractivity contribution in [2.45, 2.75) is 82.8 Å². The molecule has 0 saturated carbocycles. The minimum Gasteiger partial charge on any atom is -0.460 e. The molecule has 0 aliphatic carbocycles. The molecule has 2 aromatic carbocycles. The number of nitro benzene ring substituents is 1. The van der Waals surface area contributed by atoms with E-state index in [4.69, 9.17) is 9.47 Å². The molecule has 21 heteroatoms. The molecule has 0 atom stereocenters. The van der Waals surface area contributed by atoms with Crippen LogP contribution in [0.15, 0.2) is 52.1 Å².